The van der Waals surface area contributed by atoms with Gasteiger partial charge in [-0.1, -0.05) is 0 Å². The summed E-state index contributed by atoms with van der Waals surface area (Å²) < 4.78 is 1.09. The van der Waals surface area contributed by atoms with Crippen molar-refractivity contribution in [2.45, 2.75) is 6.92 Å². The molecule has 0 aromatic rings. The molecule has 0 fully saturated rings. The molecule has 0 saturated heterocycles. The van der Waals surface area contributed by atoms with Crippen LogP contribution in [0.4, 0.5) is 0 Å². The Bertz CT molecular complexity index is 170. The van der Waals surface area contributed by atoms with E-state index in [1.165, 1.54) is 5.57 Å². The number of allylic oxidation sites excluding steroid dienone is 6. The van der Waals surface area contributed by atoms with Gasteiger partial charge in [-0.2, -0.15) is 0 Å². The third-order valence-electron chi connectivity index (χ3n) is 0.898. The molecule has 0 saturated carbocycles. The molecule has 1 rings (SSSR count). The van der Waals surface area contributed by atoms with E-state index in [1.807, 2.05) is 19.1 Å². The molecule has 0 nitrogen and oxygen atoms in total. The van der Waals surface area contributed by atoms with Crippen molar-refractivity contribution in [1.82, 2.24) is 0 Å². The molecule has 0 amide bonds. The molecule has 0 atom stereocenters. The molecular weight excluding hydrogens is 164 g/mol. The zero-order valence-corrected chi connectivity index (χ0v) is 6.20. The highest BCUT2D eigenvalue weighted by Gasteiger charge is 2.00. The third-order valence-corrected chi connectivity index (χ3v) is 1.36. The molecule has 40 valence electrons. The van der Waals surface area contributed by atoms with Crippen LogP contribution in [0.5, 0.6) is 0 Å². The predicted octanol–water partition coefficient (Wildman–Crippen LogP) is 2.58. The Kier molecular flexibility index (Phi) is 1.62. The Morgan fingerprint density at radius 3 is 2.75 bits per heavy atom. The molecule has 0 N–H and O–H groups in total. The summed E-state index contributed by atoms with van der Waals surface area (Å²) in [6, 6.07) is 0. The highest BCUT2D eigenvalue weighted by molar-refractivity contribution is 9.11. The highest BCUT2D eigenvalue weighted by Crippen LogP contribution is 2.14. The fourth-order valence-electron chi connectivity index (χ4n) is 0.554. The van der Waals surface area contributed by atoms with E-state index in [4.69, 9.17) is 0 Å². The molecule has 1 aliphatic rings. The minimum absolute atomic E-state index is 1.09. The Labute approximate surface area is 57.7 Å². The summed E-state index contributed by atoms with van der Waals surface area (Å²) in [6.45, 7) is 2.04. The maximum atomic E-state index is 3.33. The Morgan fingerprint density at radius 1 is 1.62 bits per heavy atom. The van der Waals surface area contributed by atoms with Gasteiger partial charge in [-0.15, -0.1) is 0 Å². The maximum Gasteiger partial charge on any atom is 0.130 e. The number of hydrogen-bond donors (Lipinski definition) is 0. The van der Waals surface area contributed by atoms with Gasteiger partial charge in [-0.25, -0.2) is 0 Å². The quantitative estimate of drug-likeness (QED) is 0.490. The second-order valence-corrected chi connectivity index (χ2v) is 2.64. The molecule has 0 aliphatic heterocycles. The van der Waals surface area contributed by atoms with Gasteiger partial charge >= 0.3 is 0 Å². The lowest BCUT2D eigenvalue weighted by Crippen LogP contribution is -1.74. The van der Waals surface area contributed by atoms with Crippen molar-refractivity contribution < 1.29 is 0 Å². The largest absolute Gasteiger partial charge is 0.130 e. The van der Waals surface area contributed by atoms with Crippen molar-refractivity contribution in [3.8, 4) is 0 Å². The average molecular weight is 170 g/mol. The summed E-state index contributed by atoms with van der Waals surface area (Å²) in [4.78, 5) is 0. The van der Waals surface area contributed by atoms with Crippen molar-refractivity contribution in [3.05, 3.63) is 34.4 Å². The molecule has 1 aliphatic carbocycles. The van der Waals surface area contributed by atoms with Crippen LogP contribution in [0.1, 0.15) is 6.92 Å². The van der Waals surface area contributed by atoms with Gasteiger partial charge in [0.1, 0.15) is 16.6 Å². The first-order valence-corrected chi connectivity index (χ1v) is 3.21. The van der Waals surface area contributed by atoms with Crippen LogP contribution in [0.15, 0.2) is 28.3 Å². The van der Waals surface area contributed by atoms with E-state index in [0.29, 0.717) is 0 Å². The van der Waals surface area contributed by atoms with E-state index in [-0.39, 0.29) is 0 Å². The van der Waals surface area contributed by atoms with E-state index in [2.05, 4.69) is 28.1 Å². The van der Waals surface area contributed by atoms with Gasteiger partial charge in [0.25, 0.3) is 0 Å². The van der Waals surface area contributed by atoms with Gasteiger partial charge in [-0.05, 0) is 0 Å². The van der Waals surface area contributed by atoms with Crippen LogP contribution in [0.25, 0.3) is 0 Å². The molecule has 0 spiro atoms. The average Bonchev–Trinajstić information content (AvgIpc) is 1.64. The minimum Gasteiger partial charge on any atom is 0.00779 e. The lowest BCUT2D eigenvalue weighted by Gasteiger charge is -1.83. The number of halogens is 1. The van der Waals surface area contributed by atoms with Crippen molar-refractivity contribution in [2.24, 2.45) is 0 Å². The van der Waals surface area contributed by atoms with E-state index in [0.717, 1.165) is 4.48 Å². The lowest BCUT2D eigenvalue weighted by molar-refractivity contribution is 1.48. The van der Waals surface area contributed by atoms with E-state index < -0.39 is 0 Å². The summed E-state index contributed by atoms with van der Waals surface area (Å²) in [5.41, 5.74) is 1.24. The normalized spacial score (nSPS) is 16.8. The summed E-state index contributed by atoms with van der Waals surface area (Å²) in [6.07, 6.45) is 8.88. The lowest BCUT2D eigenvalue weighted by atomic mass is 10.2. The molecule has 0 unspecified atom stereocenters. The Balaban J connectivity index is 2.89. The SMILES string of the molecule is CC1=CC(Br)=C[C+]=C1. The molecule has 0 heterocycles. The molecule has 0 bridgehead atoms. The summed E-state index contributed by atoms with van der Waals surface area (Å²) in [5.74, 6) is 0. The molecule has 8 heavy (non-hydrogen) atoms. The van der Waals surface area contributed by atoms with Gasteiger partial charge in [0.2, 0.25) is 0 Å². The standard InChI is InChI=1S/C7H6Br/c1-6-3-2-4-7(8)5-6/h3-5H,1H3/q+1. The van der Waals surface area contributed by atoms with E-state index in [9.17, 15) is 0 Å². The van der Waals surface area contributed by atoms with E-state index in [1.54, 1.807) is 0 Å². The van der Waals surface area contributed by atoms with Gasteiger partial charge in [0.15, 0.2) is 0 Å². The van der Waals surface area contributed by atoms with Crippen LogP contribution in [0, 0.1) is 6.08 Å². The monoisotopic (exact) mass is 169 g/mol. The highest BCUT2D eigenvalue weighted by atomic mass is 79.9. The number of hydrogen-bond acceptors (Lipinski definition) is 0. The van der Waals surface area contributed by atoms with Crippen molar-refractivity contribution >= 4 is 15.9 Å². The molecule has 0 aromatic heterocycles. The molecule has 1 heteroatoms. The van der Waals surface area contributed by atoms with Gasteiger partial charge in [0, 0.05) is 28.9 Å². The first kappa shape index (κ1) is 5.74. The van der Waals surface area contributed by atoms with Crippen molar-refractivity contribution in [1.29, 1.82) is 0 Å². The Morgan fingerprint density at radius 2 is 2.38 bits per heavy atom. The van der Waals surface area contributed by atoms with Gasteiger partial charge < -0.3 is 0 Å². The van der Waals surface area contributed by atoms with Gasteiger partial charge in [0.05, 0.1) is 11.6 Å². The first-order chi connectivity index (χ1) is 3.79. The summed E-state index contributed by atoms with van der Waals surface area (Å²) >= 11 is 3.33. The smallest absolute Gasteiger partial charge is 0.00779 e. The molecular formula is C7H6Br+. The topological polar surface area (TPSA) is 0 Å². The second kappa shape index (κ2) is 2.25. The van der Waals surface area contributed by atoms with Crippen LogP contribution in [0.3, 0.4) is 0 Å². The van der Waals surface area contributed by atoms with Crippen LogP contribution in [0.2, 0.25) is 0 Å². The third kappa shape index (κ3) is 1.29. The van der Waals surface area contributed by atoms with Crippen molar-refractivity contribution in [3.63, 3.8) is 0 Å². The maximum absolute atomic E-state index is 3.33. The van der Waals surface area contributed by atoms with Crippen LogP contribution < -0.4 is 0 Å². The predicted molar refractivity (Wildman–Crippen MR) is 38.6 cm³/mol. The fourth-order valence-corrected chi connectivity index (χ4v) is 1.05. The van der Waals surface area contributed by atoms with Crippen LogP contribution in [-0.4, -0.2) is 0 Å². The number of rotatable bonds is 0. The summed E-state index contributed by atoms with van der Waals surface area (Å²) in [5, 5.41) is 0. The first-order valence-electron chi connectivity index (χ1n) is 2.42. The van der Waals surface area contributed by atoms with Gasteiger partial charge in [-0.3, -0.25) is 0 Å². The summed E-state index contributed by atoms with van der Waals surface area (Å²) in [7, 11) is 0. The minimum atomic E-state index is 1.09. The second-order valence-electron chi connectivity index (χ2n) is 1.73. The van der Waals surface area contributed by atoms with Crippen molar-refractivity contribution in [2.75, 3.05) is 0 Å². The van der Waals surface area contributed by atoms with E-state index >= 15 is 0 Å². The fraction of sp³-hybridized carbons (Fsp3) is 0.143. The Hall–Kier alpha value is -0.390. The van der Waals surface area contributed by atoms with Crippen LogP contribution in [-0.2, 0) is 0 Å². The van der Waals surface area contributed by atoms with Crippen LogP contribution >= 0.6 is 15.9 Å². The zero-order valence-electron chi connectivity index (χ0n) is 4.61. The molecule has 0 aromatic carbocycles. The molecule has 0 radical (unpaired) electrons. The zero-order chi connectivity index (χ0) is 5.98.